The number of nitrogens with zero attached hydrogens (tertiary/aromatic N) is 5. The number of aromatic nitrogens is 4. The van der Waals surface area contributed by atoms with Gasteiger partial charge in [0.25, 0.3) is 0 Å². The Hall–Kier alpha value is -2.44. The molecule has 7 heteroatoms. The molecule has 0 fully saturated rings. The third kappa shape index (κ3) is 3.78. The smallest absolute Gasteiger partial charge is 0.231 e. The third-order valence-corrected chi connectivity index (χ3v) is 2.53. The average Bonchev–Trinajstić information content (AvgIpc) is 2.46. The molecule has 2 heterocycles. The van der Waals surface area contributed by atoms with Gasteiger partial charge in [-0.3, -0.25) is 4.98 Å². The fourth-order valence-corrected chi connectivity index (χ4v) is 1.56. The van der Waals surface area contributed by atoms with Gasteiger partial charge < -0.3 is 15.5 Å². The molecule has 0 aliphatic heterocycles. The van der Waals surface area contributed by atoms with Gasteiger partial charge in [0, 0.05) is 39.6 Å². The summed E-state index contributed by atoms with van der Waals surface area (Å²) in [6, 6.07) is 3.90. The predicted octanol–water partition coefficient (Wildman–Crippen LogP) is 1.38. The molecule has 0 amide bonds. The molecule has 2 N–H and O–H groups in total. The summed E-state index contributed by atoms with van der Waals surface area (Å²) in [5.74, 6) is 1.73. The van der Waals surface area contributed by atoms with Crippen molar-refractivity contribution in [2.45, 2.75) is 13.5 Å². The average molecular weight is 273 g/mol. The first-order valence-corrected chi connectivity index (χ1v) is 6.49. The Kier molecular flexibility index (Phi) is 4.65. The highest BCUT2D eigenvalue weighted by molar-refractivity contribution is 5.43. The maximum absolute atomic E-state index is 4.36. The van der Waals surface area contributed by atoms with Gasteiger partial charge in [0.2, 0.25) is 17.8 Å². The zero-order chi connectivity index (χ0) is 14.4. The standard InChI is InChI=1S/C13H19N7/c1-4-15-11-17-12(19-13(18-11)20(2)3)16-9-10-6-5-7-14-8-10/h5-8H,4,9H2,1-3H3,(H2,15,16,17,18,19). The fourth-order valence-electron chi connectivity index (χ4n) is 1.56. The number of hydrogen-bond donors (Lipinski definition) is 2. The zero-order valence-corrected chi connectivity index (χ0v) is 12.0. The van der Waals surface area contributed by atoms with Crippen molar-refractivity contribution in [2.75, 3.05) is 36.2 Å². The van der Waals surface area contributed by atoms with Crippen LogP contribution in [-0.4, -0.2) is 40.6 Å². The zero-order valence-electron chi connectivity index (χ0n) is 12.0. The molecule has 0 aromatic carbocycles. The maximum atomic E-state index is 4.36. The van der Waals surface area contributed by atoms with E-state index in [0.29, 0.717) is 24.4 Å². The van der Waals surface area contributed by atoms with Crippen LogP contribution in [0.1, 0.15) is 12.5 Å². The minimum absolute atomic E-state index is 0.545. The molecule has 0 aliphatic rings. The van der Waals surface area contributed by atoms with Crippen molar-refractivity contribution < 1.29 is 0 Å². The van der Waals surface area contributed by atoms with Crippen LogP contribution in [0.2, 0.25) is 0 Å². The molecule has 0 aliphatic carbocycles. The Labute approximate surface area is 118 Å². The van der Waals surface area contributed by atoms with E-state index >= 15 is 0 Å². The van der Waals surface area contributed by atoms with Gasteiger partial charge in [0.05, 0.1) is 0 Å². The van der Waals surface area contributed by atoms with Gasteiger partial charge in [-0.2, -0.15) is 15.0 Å². The molecule has 0 spiro atoms. The summed E-state index contributed by atoms with van der Waals surface area (Å²) in [6.07, 6.45) is 3.56. The minimum Gasteiger partial charge on any atom is -0.354 e. The summed E-state index contributed by atoms with van der Waals surface area (Å²) in [6.45, 7) is 3.39. The molecule has 2 rings (SSSR count). The molecule has 0 atom stereocenters. The lowest BCUT2D eigenvalue weighted by Gasteiger charge is -2.13. The minimum atomic E-state index is 0.545. The van der Waals surface area contributed by atoms with Gasteiger partial charge in [-0.25, -0.2) is 0 Å². The summed E-state index contributed by atoms with van der Waals surface area (Å²) in [4.78, 5) is 18.9. The van der Waals surface area contributed by atoms with E-state index in [9.17, 15) is 0 Å². The molecule has 20 heavy (non-hydrogen) atoms. The summed E-state index contributed by atoms with van der Waals surface area (Å²) in [5.41, 5.74) is 1.07. The van der Waals surface area contributed by atoms with Crippen molar-refractivity contribution in [2.24, 2.45) is 0 Å². The number of hydrogen-bond acceptors (Lipinski definition) is 7. The van der Waals surface area contributed by atoms with E-state index in [1.165, 1.54) is 0 Å². The van der Waals surface area contributed by atoms with Gasteiger partial charge in [-0.15, -0.1) is 0 Å². The van der Waals surface area contributed by atoms with Gasteiger partial charge in [0.15, 0.2) is 0 Å². The molecule has 0 bridgehead atoms. The van der Waals surface area contributed by atoms with Crippen molar-refractivity contribution in [1.29, 1.82) is 0 Å². The summed E-state index contributed by atoms with van der Waals surface area (Å²) in [5, 5.41) is 6.29. The van der Waals surface area contributed by atoms with Crippen LogP contribution in [0, 0.1) is 0 Å². The van der Waals surface area contributed by atoms with Gasteiger partial charge in [-0.1, -0.05) is 6.07 Å². The van der Waals surface area contributed by atoms with E-state index in [-0.39, 0.29) is 0 Å². The van der Waals surface area contributed by atoms with E-state index in [4.69, 9.17) is 0 Å². The Bertz CT molecular complexity index is 542. The van der Waals surface area contributed by atoms with Gasteiger partial charge >= 0.3 is 0 Å². The molecule has 0 radical (unpaired) electrons. The fraction of sp³-hybridized carbons (Fsp3) is 0.385. The van der Waals surface area contributed by atoms with Crippen molar-refractivity contribution in [3.8, 4) is 0 Å². The lowest BCUT2D eigenvalue weighted by molar-refractivity contribution is 0.935. The van der Waals surface area contributed by atoms with Crippen molar-refractivity contribution >= 4 is 17.8 Å². The number of rotatable bonds is 6. The van der Waals surface area contributed by atoms with Crippen molar-refractivity contribution in [3.63, 3.8) is 0 Å². The molecule has 7 nitrogen and oxygen atoms in total. The van der Waals surface area contributed by atoms with Crippen molar-refractivity contribution in [3.05, 3.63) is 30.1 Å². The molecule has 0 saturated heterocycles. The molecule has 0 unspecified atom stereocenters. The Morgan fingerprint density at radius 2 is 1.85 bits per heavy atom. The van der Waals surface area contributed by atoms with E-state index in [2.05, 4.69) is 30.6 Å². The first-order valence-electron chi connectivity index (χ1n) is 6.49. The lowest BCUT2D eigenvalue weighted by atomic mass is 10.3. The Balaban J connectivity index is 2.13. The first-order chi connectivity index (χ1) is 9.69. The highest BCUT2D eigenvalue weighted by Crippen LogP contribution is 2.12. The quantitative estimate of drug-likeness (QED) is 0.823. The molecule has 0 saturated carbocycles. The molecule has 2 aromatic heterocycles. The number of pyridine rings is 1. The Morgan fingerprint density at radius 3 is 2.45 bits per heavy atom. The van der Waals surface area contributed by atoms with E-state index in [0.717, 1.165) is 12.1 Å². The number of anilines is 3. The van der Waals surface area contributed by atoms with E-state index < -0.39 is 0 Å². The van der Waals surface area contributed by atoms with Crippen LogP contribution in [0.15, 0.2) is 24.5 Å². The monoisotopic (exact) mass is 273 g/mol. The molecule has 2 aromatic rings. The first kappa shape index (κ1) is 14.0. The van der Waals surface area contributed by atoms with E-state index in [1.54, 1.807) is 6.20 Å². The highest BCUT2D eigenvalue weighted by Gasteiger charge is 2.07. The van der Waals surface area contributed by atoms with Crippen molar-refractivity contribution in [1.82, 2.24) is 19.9 Å². The van der Waals surface area contributed by atoms with Gasteiger partial charge in [0.1, 0.15) is 0 Å². The summed E-state index contributed by atoms with van der Waals surface area (Å²) < 4.78 is 0. The van der Waals surface area contributed by atoms with Crippen LogP contribution < -0.4 is 15.5 Å². The Morgan fingerprint density at radius 1 is 1.10 bits per heavy atom. The number of nitrogens with one attached hydrogen (secondary N) is 2. The second kappa shape index (κ2) is 6.65. The van der Waals surface area contributed by atoms with Crippen LogP contribution >= 0.6 is 0 Å². The van der Waals surface area contributed by atoms with Crippen LogP contribution in [0.3, 0.4) is 0 Å². The normalized spacial score (nSPS) is 10.2. The highest BCUT2D eigenvalue weighted by atomic mass is 15.3. The van der Waals surface area contributed by atoms with Crippen LogP contribution in [0.25, 0.3) is 0 Å². The molecular formula is C13H19N7. The largest absolute Gasteiger partial charge is 0.354 e. The van der Waals surface area contributed by atoms with E-state index in [1.807, 2.05) is 44.2 Å². The van der Waals surface area contributed by atoms with Crippen LogP contribution in [0.5, 0.6) is 0 Å². The maximum Gasteiger partial charge on any atom is 0.231 e. The van der Waals surface area contributed by atoms with Gasteiger partial charge in [-0.05, 0) is 18.6 Å². The topological polar surface area (TPSA) is 78.9 Å². The lowest BCUT2D eigenvalue weighted by Crippen LogP contribution is -2.17. The second-order valence-corrected chi connectivity index (χ2v) is 4.42. The third-order valence-electron chi connectivity index (χ3n) is 2.53. The summed E-state index contributed by atoms with van der Waals surface area (Å²) in [7, 11) is 3.80. The SMILES string of the molecule is CCNc1nc(NCc2cccnc2)nc(N(C)C)n1. The van der Waals surface area contributed by atoms with Crippen LogP contribution in [0.4, 0.5) is 17.8 Å². The summed E-state index contributed by atoms with van der Waals surface area (Å²) >= 11 is 0. The van der Waals surface area contributed by atoms with Crippen LogP contribution in [-0.2, 0) is 6.54 Å². The molecule has 106 valence electrons. The predicted molar refractivity (Wildman–Crippen MR) is 79.9 cm³/mol. The second-order valence-electron chi connectivity index (χ2n) is 4.42. The molecular weight excluding hydrogens is 254 g/mol.